The van der Waals surface area contributed by atoms with Crippen LogP contribution in [-0.2, 0) is 7.05 Å². The molecule has 0 radical (unpaired) electrons. The molecule has 0 fully saturated rings. The van der Waals surface area contributed by atoms with E-state index in [0.717, 1.165) is 22.4 Å². The van der Waals surface area contributed by atoms with Crippen LogP contribution in [0.15, 0.2) is 48.8 Å². The van der Waals surface area contributed by atoms with Crippen LogP contribution in [0.4, 0.5) is 5.82 Å². The van der Waals surface area contributed by atoms with E-state index in [2.05, 4.69) is 10.1 Å². The van der Waals surface area contributed by atoms with Crippen LogP contribution in [0.5, 0.6) is 0 Å². The molecule has 3 aromatic rings. The minimum Gasteiger partial charge on any atom is -0.383 e. The number of aryl methyl sites for hydroxylation is 1. The van der Waals surface area contributed by atoms with Gasteiger partial charge in [-0.05, 0) is 18.2 Å². The Balaban J connectivity index is 2.29. The smallest absolute Gasteiger partial charge is 0.129 e. The molecule has 2 heterocycles. The van der Waals surface area contributed by atoms with Crippen LogP contribution in [0.25, 0.3) is 22.4 Å². The van der Waals surface area contributed by atoms with Gasteiger partial charge in [0.15, 0.2) is 0 Å². The van der Waals surface area contributed by atoms with Gasteiger partial charge in [-0.1, -0.05) is 29.8 Å². The molecule has 5 heteroatoms. The van der Waals surface area contributed by atoms with Gasteiger partial charge in [-0.3, -0.25) is 9.67 Å². The predicted molar refractivity (Wildman–Crippen MR) is 81.3 cm³/mol. The lowest BCUT2D eigenvalue weighted by Crippen LogP contribution is -1.98. The van der Waals surface area contributed by atoms with E-state index >= 15 is 0 Å². The van der Waals surface area contributed by atoms with Crippen LogP contribution in [0.1, 0.15) is 0 Å². The zero-order valence-electron chi connectivity index (χ0n) is 10.9. The highest BCUT2D eigenvalue weighted by Crippen LogP contribution is 2.38. The fourth-order valence-electron chi connectivity index (χ4n) is 2.18. The second-order valence-corrected chi connectivity index (χ2v) is 4.86. The first-order valence-electron chi connectivity index (χ1n) is 6.16. The second-order valence-electron chi connectivity index (χ2n) is 4.45. The highest BCUT2D eigenvalue weighted by Gasteiger charge is 2.18. The highest BCUT2D eigenvalue weighted by atomic mass is 35.5. The van der Waals surface area contributed by atoms with Gasteiger partial charge < -0.3 is 5.73 Å². The van der Waals surface area contributed by atoms with Gasteiger partial charge >= 0.3 is 0 Å². The van der Waals surface area contributed by atoms with Crippen molar-refractivity contribution < 1.29 is 0 Å². The summed E-state index contributed by atoms with van der Waals surface area (Å²) >= 11 is 6.29. The van der Waals surface area contributed by atoms with E-state index in [4.69, 9.17) is 17.3 Å². The third-order valence-electron chi connectivity index (χ3n) is 3.19. The van der Waals surface area contributed by atoms with Gasteiger partial charge in [0.05, 0.1) is 5.56 Å². The Bertz CT molecular complexity index is 750. The standard InChI is InChI=1S/C15H13ClN4/c1-20-15(17)13(11-4-2-3-5-12(11)16)14(19-20)10-6-8-18-9-7-10/h2-9H,17H2,1H3. The van der Waals surface area contributed by atoms with E-state index in [1.54, 1.807) is 17.1 Å². The Morgan fingerprint density at radius 3 is 2.50 bits per heavy atom. The van der Waals surface area contributed by atoms with Crippen LogP contribution in [0.3, 0.4) is 0 Å². The van der Waals surface area contributed by atoms with Crippen LogP contribution in [-0.4, -0.2) is 14.8 Å². The van der Waals surface area contributed by atoms with Crippen molar-refractivity contribution in [3.63, 3.8) is 0 Å². The summed E-state index contributed by atoms with van der Waals surface area (Å²) in [5.74, 6) is 0.588. The van der Waals surface area contributed by atoms with E-state index < -0.39 is 0 Å². The van der Waals surface area contributed by atoms with Crippen LogP contribution < -0.4 is 5.73 Å². The van der Waals surface area contributed by atoms with Crippen LogP contribution in [0.2, 0.25) is 5.02 Å². The molecular formula is C15H13ClN4. The second kappa shape index (κ2) is 4.98. The number of benzene rings is 1. The van der Waals surface area contributed by atoms with Crippen LogP contribution in [0, 0.1) is 0 Å². The van der Waals surface area contributed by atoms with Gasteiger partial charge in [0.25, 0.3) is 0 Å². The average molecular weight is 285 g/mol. The molecule has 4 nitrogen and oxygen atoms in total. The molecule has 0 amide bonds. The van der Waals surface area contributed by atoms with Gasteiger partial charge in [-0.25, -0.2) is 0 Å². The van der Waals surface area contributed by atoms with E-state index in [-0.39, 0.29) is 0 Å². The van der Waals surface area contributed by atoms with Crippen molar-refractivity contribution in [1.29, 1.82) is 0 Å². The zero-order chi connectivity index (χ0) is 14.1. The Hall–Kier alpha value is -2.33. The Kier molecular flexibility index (Phi) is 3.16. The molecular weight excluding hydrogens is 272 g/mol. The summed E-state index contributed by atoms with van der Waals surface area (Å²) in [5.41, 5.74) is 9.67. The van der Waals surface area contributed by atoms with Gasteiger partial charge in [0.1, 0.15) is 11.5 Å². The molecule has 0 aliphatic rings. The summed E-state index contributed by atoms with van der Waals surface area (Å²) in [4.78, 5) is 4.03. The van der Waals surface area contributed by atoms with Gasteiger partial charge in [0, 0.05) is 35.6 Å². The lowest BCUT2D eigenvalue weighted by molar-refractivity contribution is 0.782. The molecule has 0 spiro atoms. The molecule has 2 N–H and O–H groups in total. The van der Waals surface area contributed by atoms with Crippen molar-refractivity contribution in [3.8, 4) is 22.4 Å². The Morgan fingerprint density at radius 2 is 1.80 bits per heavy atom. The maximum Gasteiger partial charge on any atom is 0.129 e. The third-order valence-corrected chi connectivity index (χ3v) is 3.52. The van der Waals surface area contributed by atoms with Crippen molar-refractivity contribution in [1.82, 2.24) is 14.8 Å². The zero-order valence-corrected chi connectivity index (χ0v) is 11.7. The van der Waals surface area contributed by atoms with E-state index in [1.807, 2.05) is 43.4 Å². The number of halogens is 1. The van der Waals surface area contributed by atoms with E-state index in [1.165, 1.54) is 0 Å². The summed E-state index contributed by atoms with van der Waals surface area (Å²) in [6.07, 6.45) is 3.47. The maximum absolute atomic E-state index is 6.29. The predicted octanol–water partition coefficient (Wildman–Crippen LogP) is 3.38. The number of pyridine rings is 1. The number of nitrogens with zero attached hydrogens (tertiary/aromatic N) is 3. The highest BCUT2D eigenvalue weighted by molar-refractivity contribution is 6.33. The van der Waals surface area contributed by atoms with Crippen molar-refractivity contribution in [3.05, 3.63) is 53.8 Å². The Labute approximate surface area is 121 Å². The van der Waals surface area contributed by atoms with Gasteiger partial charge in [-0.2, -0.15) is 5.10 Å². The number of hydrogen-bond donors (Lipinski definition) is 1. The number of anilines is 1. The molecule has 0 atom stereocenters. The molecule has 3 rings (SSSR count). The van der Waals surface area contributed by atoms with E-state index in [9.17, 15) is 0 Å². The molecule has 100 valence electrons. The van der Waals surface area contributed by atoms with Gasteiger partial charge in [0.2, 0.25) is 0 Å². The lowest BCUT2D eigenvalue weighted by Gasteiger charge is -2.06. The van der Waals surface area contributed by atoms with Crippen molar-refractivity contribution in [2.24, 2.45) is 7.05 Å². The summed E-state index contributed by atoms with van der Waals surface area (Å²) in [6, 6.07) is 11.4. The normalized spacial score (nSPS) is 10.7. The molecule has 0 unspecified atom stereocenters. The minimum absolute atomic E-state index is 0.588. The monoisotopic (exact) mass is 284 g/mol. The van der Waals surface area contributed by atoms with E-state index in [0.29, 0.717) is 10.8 Å². The number of rotatable bonds is 2. The molecule has 0 aliphatic carbocycles. The lowest BCUT2D eigenvalue weighted by atomic mass is 10.0. The summed E-state index contributed by atoms with van der Waals surface area (Å²) < 4.78 is 1.66. The number of nitrogens with two attached hydrogens (primary N) is 1. The minimum atomic E-state index is 0.588. The molecule has 2 aromatic heterocycles. The third kappa shape index (κ3) is 2.04. The first-order chi connectivity index (χ1) is 9.68. The average Bonchev–Trinajstić information content (AvgIpc) is 2.77. The summed E-state index contributed by atoms with van der Waals surface area (Å²) in [7, 11) is 1.82. The van der Waals surface area contributed by atoms with Crippen LogP contribution >= 0.6 is 11.6 Å². The van der Waals surface area contributed by atoms with Gasteiger partial charge in [-0.15, -0.1) is 0 Å². The first kappa shape index (κ1) is 12.7. The topological polar surface area (TPSA) is 56.7 Å². The fraction of sp³-hybridized carbons (Fsp3) is 0.0667. The summed E-state index contributed by atoms with van der Waals surface area (Å²) in [6.45, 7) is 0. The molecule has 20 heavy (non-hydrogen) atoms. The number of nitrogen functional groups attached to an aromatic ring is 1. The van der Waals surface area contributed by atoms with Crippen molar-refractivity contribution in [2.45, 2.75) is 0 Å². The molecule has 0 aliphatic heterocycles. The molecule has 0 bridgehead atoms. The number of aromatic nitrogens is 3. The number of hydrogen-bond acceptors (Lipinski definition) is 3. The molecule has 1 aromatic carbocycles. The fourth-order valence-corrected chi connectivity index (χ4v) is 2.41. The molecule has 0 saturated carbocycles. The Morgan fingerprint density at radius 1 is 1.10 bits per heavy atom. The largest absolute Gasteiger partial charge is 0.383 e. The molecule has 0 saturated heterocycles. The summed E-state index contributed by atoms with van der Waals surface area (Å²) in [5, 5.41) is 5.16. The maximum atomic E-state index is 6.29. The SMILES string of the molecule is Cn1nc(-c2ccncc2)c(-c2ccccc2Cl)c1N. The van der Waals surface area contributed by atoms with Crippen molar-refractivity contribution in [2.75, 3.05) is 5.73 Å². The van der Waals surface area contributed by atoms with Crippen molar-refractivity contribution >= 4 is 17.4 Å². The quantitative estimate of drug-likeness (QED) is 0.785. The first-order valence-corrected chi connectivity index (χ1v) is 6.54.